The number of nitrogens with two attached hydrogens (primary N) is 1. The van der Waals surface area contributed by atoms with Crippen molar-refractivity contribution < 1.29 is 22.7 Å². The van der Waals surface area contributed by atoms with E-state index in [0.29, 0.717) is 6.42 Å². The summed E-state index contributed by atoms with van der Waals surface area (Å²) in [7, 11) is -1.15. The van der Waals surface area contributed by atoms with Gasteiger partial charge < -0.3 is 15.2 Å². The molecule has 1 rings (SSSR count). The predicted octanol–water partition coefficient (Wildman–Crippen LogP) is 1.70. The van der Waals surface area contributed by atoms with E-state index in [1.165, 1.54) is 32.4 Å². The first-order valence-electron chi connectivity index (χ1n) is 7.38. The lowest BCUT2D eigenvalue weighted by Crippen LogP contribution is -2.40. The summed E-state index contributed by atoms with van der Waals surface area (Å²) >= 11 is 0. The fourth-order valence-corrected chi connectivity index (χ4v) is 3.38. The first kappa shape index (κ1) is 22.6. The molecule has 0 saturated carbocycles. The van der Waals surface area contributed by atoms with Crippen molar-refractivity contribution in [1.29, 1.82) is 0 Å². The maximum Gasteiger partial charge on any atom is 0.341 e. The van der Waals surface area contributed by atoms with Crippen molar-refractivity contribution in [2.24, 2.45) is 5.73 Å². The van der Waals surface area contributed by atoms with Gasteiger partial charge in [0.1, 0.15) is 11.3 Å². The van der Waals surface area contributed by atoms with Gasteiger partial charge >= 0.3 is 5.97 Å². The molecule has 1 aromatic carbocycles. The highest BCUT2D eigenvalue weighted by atomic mass is 35.5. The molecule has 0 aromatic heterocycles. The Hall–Kier alpha value is -1.35. The molecule has 3 N–H and O–H groups in total. The van der Waals surface area contributed by atoms with E-state index in [9.17, 15) is 13.2 Å². The van der Waals surface area contributed by atoms with Crippen LogP contribution in [0.2, 0.25) is 0 Å². The van der Waals surface area contributed by atoms with Crippen LogP contribution in [0.4, 0.5) is 0 Å². The second-order valence-corrected chi connectivity index (χ2v) is 6.76. The molecule has 24 heavy (non-hydrogen) atoms. The van der Waals surface area contributed by atoms with Crippen molar-refractivity contribution in [3.05, 3.63) is 23.8 Å². The molecule has 0 aliphatic heterocycles. The largest absolute Gasteiger partial charge is 0.496 e. The molecule has 9 heteroatoms. The van der Waals surface area contributed by atoms with Crippen molar-refractivity contribution in [2.75, 3.05) is 20.8 Å². The van der Waals surface area contributed by atoms with Gasteiger partial charge in [0.25, 0.3) is 0 Å². The lowest BCUT2D eigenvalue weighted by molar-refractivity contribution is 0.0597. The van der Waals surface area contributed by atoms with Crippen LogP contribution in [0.1, 0.15) is 36.5 Å². The lowest BCUT2D eigenvalue weighted by Gasteiger charge is -2.17. The van der Waals surface area contributed by atoms with E-state index in [4.69, 9.17) is 10.5 Å². The van der Waals surface area contributed by atoms with Crippen molar-refractivity contribution >= 4 is 28.4 Å². The van der Waals surface area contributed by atoms with Crippen LogP contribution in [-0.4, -0.2) is 41.2 Å². The minimum Gasteiger partial charge on any atom is -0.496 e. The number of carbonyl (C=O) groups excluding carboxylic acids is 1. The van der Waals surface area contributed by atoms with Crippen LogP contribution in [-0.2, 0) is 14.8 Å². The Labute approximate surface area is 149 Å². The number of halogens is 1. The van der Waals surface area contributed by atoms with Crippen molar-refractivity contribution in [3.63, 3.8) is 0 Å². The summed E-state index contributed by atoms with van der Waals surface area (Å²) in [5.74, 6) is -0.459. The number of methoxy groups -OCH3 is 2. The number of unbranched alkanes of at least 4 members (excludes halogenated alkanes) is 1. The minimum atomic E-state index is -3.75. The Morgan fingerprint density at radius 3 is 2.50 bits per heavy atom. The van der Waals surface area contributed by atoms with E-state index < -0.39 is 16.0 Å². The average molecular weight is 381 g/mol. The summed E-state index contributed by atoms with van der Waals surface area (Å²) in [4.78, 5) is 11.6. The van der Waals surface area contributed by atoms with E-state index in [1.54, 1.807) is 0 Å². The molecule has 1 atom stereocenters. The smallest absolute Gasteiger partial charge is 0.341 e. The van der Waals surface area contributed by atoms with E-state index >= 15 is 0 Å². The van der Waals surface area contributed by atoms with Crippen molar-refractivity contribution in [3.8, 4) is 5.75 Å². The zero-order chi connectivity index (χ0) is 17.5. The van der Waals surface area contributed by atoms with E-state index in [0.717, 1.165) is 12.8 Å². The number of rotatable bonds is 9. The number of benzene rings is 1. The molecule has 0 radical (unpaired) electrons. The van der Waals surface area contributed by atoms with Crippen LogP contribution in [0, 0.1) is 0 Å². The predicted molar refractivity (Wildman–Crippen MR) is 94.3 cm³/mol. The van der Waals surface area contributed by atoms with Crippen LogP contribution in [0.15, 0.2) is 23.1 Å². The molecule has 0 heterocycles. The molecule has 0 amide bonds. The second kappa shape index (κ2) is 10.5. The van der Waals surface area contributed by atoms with Crippen LogP contribution in [0.25, 0.3) is 0 Å². The summed E-state index contributed by atoms with van der Waals surface area (Å²) in [6.07, 6.45) is 2.51. The molecule has 7 nitrogen and oxygen atoms in total. The third kappa shape index (κ3) is 5.94. The molecule has 0 aliphatic rings. The van der Waals surface area contributed by atoms with Gasteiger partial charge in [0.05, 0.1) is 19.1 Å². The molecular weight excluding hydrogens is 356 g/mol. The SMILES string of the molecule is CCCCC(CN)NS(=O)(=O)c1ccc(C(=O)OC)c(OC)c1.Cl. The van der Waals surface area contributed by atoms with Gasteiger partial charge in [0, 0.05) is 18.7 Å². The third-order valence-corrected chi connectivity index (χ3v) is 4.92. The van der Waals surface area contributed by atoms with Gasteiger partial charge in [-0.05, 0) is 18.6 Å². The molecule has 0 aliphatic carbocycles. The minimum absolute atomic E-state index is 0. The zero-order valence-corrected chi connectivity index (χ0v) is 15.7. The highest BCUT2D eigenvalue weighted by Crippen LogP contribution is 2.24. The quantitative estimate of drug-likeness (QED) is 0.631. The van der Waals surface area contributed by atoms with Crippen LogP contribution in [0.3, 0.4) is 0 Å². The van der Waals surface area contributed by atoms with Gasteiger partial charge in [-0.15, -0.1) is 12.4 Å². The lowest BCUT2D eigenvalue weighted by atomic mass is 10.1. The first-order chi connectivity index (χ1) is 10.9. The number of ether oxygens (including phenoxy) is 2. The van der Waals surface area contributed by atoms with E-state index in [-0.39, 0.29) is 41.2 Å². The summed E-state index contributed by atoms with van der Waals surface area (Å²) in [6.45, 7) is 2.25. The van der Waals surface area contributed by atoms with Crippen LogP contribution in [0.5, 0.6) is 5.75 Å². The van der Waals surface area contributed by atoms with Gasteiger partial charge in [-0.25, -0.2) is 17.9 Å². The molecule has 0 bridgehead atoms. The number of hydrogen-bond donors (Lipinski definition) is 2. The maximum atomic E-state index is 12.4. The highest BCUT2D eigenvalue weighted by Gasteiger charge is 2.22. The van der Waals surface area contributed by atoms with E-state index in [1.807, 2.05) is 6.92 Å². The Kier molecular flexibility index (Phi) is 9.91. The van der Waals surface area contributed by atoms with Gasteiger partial charge in [-0.2, -0.15) is 0 Å². The maximum absolute atomic E-state index is 12.4. The third-order valence-electron chi connectivity index (χ3n) is 3.40. The number of carbonyl (C=O) groups is 1. The first-order valence-corrected chi connectivity index (χ1v) is 8.86. The number of esters is 1. The molecule has 1 unspecified atom stereocenters. The Morgan fingerprint density at radius 1 is 1.33 bits per heavy atom. The van der Waals surface area contributed by atoms with Gasteiger partial charge in [0.2, 0.25) is 10.0 Å². The Morgan fingerprint density at radius 2 is 2.00 bits per heavy atom. The number of sulfonamides is 1. The molecule has 0 saturated heterocycles. The number of nitrogens with one attached hydrogen (secondary N) is 1. The second-order valence-electron chi connectivity index (χ2n) is 5.05. The van der Waals surface area contributed by atoms with Crippen LogP contribution >= 0.6 is 12.4 Å². The monoisotopic (exact) mass is 380 g/mol. The number of hydrogen-bond acceptors (Lipinski definition) is 6. The molecule has 0 spiro atoms. The van der Waals surface area contributed by atoms with Gasteiger partial charge in [-0.1, -0.05) is 19.8 Å². The summed E-state index contributed by atoms with van der Waals surface area (Å²) in [6, 6.07) is 3.67. The summed E-state index contributed by atoms with van der Waals surface area (Å²) < 4.78 is 37.2. The highest BCUT2D eigenvalue weighted by molar-refractivity contribution is 7.89. The van der Waals surface area contributed by atoms with E-state index in [2.05, 4.69) is 9.46 Å². The Balaban J connectivity index is 0.00000529. The Bertz CT molecular complexity index is 637. The average Bonchev–Trinajstić information content (AvgIpc) is 2.57. The molecule has 138 valence electrons. The van der Waals surface area contributed by atoms with Crippen LogP contribution < -0.4 is 15.2 Å². The standard InChI is InChI=1S/C15H24N2O5S.ClH/c1-4-5-6-11(10-16)17-23(19,20)12-7-8-13(15(18)22-3)14(9-12)21-2;/h7-9,11,17H,4-6,10,16H2,1-3H3;1H. The topological polar surface area (TPSA) is 108 Å². The fraction of sp³-hybridized carbons (Fsp3) is 0.533. The van der Waals surface area contributed by atoms with Crippen molar-refractivity contribution in [2.45, 2.75) is 37.1 Å². The molecule has 0 fully saturated rings. The van der Waals surface area contributed by atoms with Gasteiger partial charge in [0.15, 0.2) is 0 Å². The normalized spacial score (nSPS) is 12.2. The van der Waals surface area contributed by atoms with Gasteiger partial charge in [-0.3, -0.25) is 0 Å². The summed E-state index contributed by atoms with van der Waals surface area (Å²) in [5, 5.41) is 0. The summed E-state index contributed by atoms with van der Waals surface area (Å²) in [5.41, 5.74) is 5.79. The fourth-order valence-electron chi connectivity index (χ4n) is 2.08. The molecule has 1 aromatic rings. The molecular formula is C15H25ClN2O5S. The zero-order valence-electron chi connectivity index (χ0n) is 14.1. The van der Waals surface area contributed by atoms with Crippen molar-refractivity contribution in [1.82, 2.24) is 4.72 Å².